The summed E-state index contributed by atoms with van der Waals surface area (Å²) in [6.07, 6.45) is 0. The van der Waals surface area contributed by atoms with Crippen molar-refractivity contribution in [1.29, 1.82) is 0 Å². The summed E-state index contributed by atoms with van der Waals surface area (Å²) in [7, 11) is 0. The van der Waals surface area contributed by atoms with Crippen LogP contribution in [-0.2, 0) is 4.79 Å². The van der Waals surface area contributed by atoms with Crippen LogP contribution in [0.1, 0.15) is 35.3 Å². The Balaban J connectivity index is 2.17. The van der Waals surface area contributed by atoms with Crippen molar-refractivity contribution in [2.45, 2.75) is 33.7 Å². The number of hydrogen-bond acceptors (Lipinski definition) is 2. The van der Waals surface area contributed by atoms with E-state index in [0.29, 0.717) is 5.69 Å². The van der Waals surface area contributed by atoms with Crippen LogP contribution in [0.15, 0.2) is 42.5 Å². The number of carbonyl (C=O) groups is 2. The van der Waals surface area contributed by atoms with Gasteiger partial charge in [-0.3, -0.25) is 9.59 Å². The van der Waals surface area contributed by atoms with Crippen LogP contribution in [-0.4, -0.2) is 17.9 Å². The molecule has 0 saturated carbocycles. The SMILES string of the molecule is Cc1cccc(NC(=O)[C@H](NC(=O)c2ccccc2F)C(C)C)c1C. The van der Waals surface area contributed by atoms with Gasteiger partial charge in [-0.15, -0.1) is 0 Å². The number of nitrogens with one attached hydrogen (secondary N) is 2. The fourth-order valence-corrected chi connectivity index (χ4v) is 2.50. The van der Waals surface area contributed by atoms with Gasteiger partial charge in [0.15, 0.2) is 0 Å². The van der Waals surface area contributed by atoms with Gasteiger partial charge in [0.1, 0.15) is 11.9 Å². The van der Waals surface area contributed by atoms with Crippen LogP contribution in [0, 0.1) is 25.6 Å². The average Bonchev–Trinajstić information content (AvgIpc) is 2.56. The highest BCUT2D eigenvalue weighted by Crippen LogP contribution is 2.19. The summed E-state index contributed by atoms with van der Waals surface area (Å²) >= 11 is 0. The molecule has 2 aromatic carbocycles. The quantitative estimate of drug-likeness (QED) is 0.867. The van der Waals surface area contributed by atoms with Gasteiger partial charge in [-0.05, 0) is 49.1 Å². The molecule has 0 bridgehead atoms. The number of hydrogen-bond donors (Lipinski definition) is 2. The fourth-order valence-electron chi connectivity index (χ4n) is 2.50. The second-order valence-electron chi connectivity index (χ2n) is 6.41. The van der Waals surface area contributed by atoms with Crippen LogP contribution in [0.2, 0.25) is 0 Å². The number of anilines is 1. The molecule has 0 spiro atoms. The van der Waals surface area contributed by atoms with Gasteiger partial charge in [-0.25, -0.2) is 4.39 Å². The summed E-state index contributed by atoms with van der Waals surface area (Å²) in [6, 6.07) is 10.6. The van der Waals surface area contributed by atoms with Gasteiger partial charge in [0, 0.05) is 5.69 Å². The molecule has 0 aliphatic rings. The molecule has 4 nitrogen and oxygen atoms in total. The van der Waals surface area contributed by atoms with E-state index in [9.17, 15) is 14.0 Å². The Bertz CT molecular complexity index is 787. The molecule has 2 aromatic rings. The van der Waals surface area contributed by atoms with Gasteiger partial charge in [0.05, 0.1) is 5.56 Å². The second kappa shape index (κ2) is 7.92. The van der Waals surface area contributed by atoms with Crippen LogP contribution in [0.25, 0.3) is 0 Å². The molecule has 2 rings (SSSR count). The summed E-state index contributed by atoms with van der Waals surface area (Å²) in [6.45, 7) is 7.54. The lowest BCUT2D eigenvalue weighted by Crippen LogP contribution is -2.47. The van der Waals surface area contributed by atoms with E-state index in [4.69, 9.17) is 0 Å². The molecule has 0 fully saturated rings. The molecule has 5 heteroatoms. The molecule has 2 N–H and O–H groups in total. The van der Waals surface area contributed by atoms with Crippen molar-refractivity contribution >= 4 is 17.5 Å². The van der Waals surface area contributed by atoms with Crippen molar-refractivity contribution in [2.24, 2.45) is 5.92 Å². The molecule has 0 heterocycles. The zero-order chi connectivity index (χ0) is 18.6. The molecule has 0 unspecified atom stereocenters. The third-order valence-electron chi connectivity index (χ3n) is 4.22. The Hall–Kier alpha value is -2.69. The van der Waals surface area contributed by atoms with Gasteiger partial charge in [-0.2, -0.15) is 0 Å². The van der Waals surface area contributed by atoms with Crippen molar-refractivity contribution < 1.29 is 14.0 Å². The molecular formula is C20H23FN2O2. The predicted octanol–water partition coefficient (Wildman–Crippen LogP) is 3.84. The first-order chi connectivity index (χ1) is 11.8. The van der Waals surface area contributed by atoms with Crippen molar-refractivity contribution in [3.63, 3.8) is 0 Å². The highest BCUT2D eigenvalue weighted by Gasteiger charge is 2.26. The normalized spacial score (nSPS) is 11.9. The largest absolute Gasteiger partial charge is 0.340 e. The van der Waals surface area contributed by atoms with E-state index in [2.05, 4.69) is 10.6 Å². The van der Waals surface area contributed by atoms with E-state index in [-0.39, 0.29) is 17.4 Å². The average molecular weight is 342 g/mol. The van der Waals surface area contributed by atoms with Gasteiger partial charge >= 0.3 is 0 Å². The molecule has 0 aliphatic heterocycles. The standard InChI is InChI=1S/C20H23FN2O2/c1-12(2)18(23-19(24)15-9-5-6-10-16(15)21)20(25)22-17-11-7-8-13(3)14(17)4/h5-12,18H,1-4H3,(H,22,25)(H,23,24)/t18-/m1/s1. The summed E-state index contributed by atoms with van der Waals surface area (Å²) in [5, 5.41) is 5.49. The highest BCUT2D eigenvalue weighted by molar-refractivity contribution is 6.01. The molecule has 0 saturated heterocycles. The highest BCUT2D eigenvalue weighted by atomic mass is 19.1. The second-order valence-corrected chi connectivity index (χ2v) is 6.41. The zero-order valence-corrected chi connectivity index (χ0v) is 14.9. The number of halogens is 1. The Morgan fingerprint density at radius 2 is 1.68 bits per heavy atom. The lowest BCUT2D eigenvalue weighted by atomic mass is 10.0. The minimum absolute atomic E-state index is 0.0762. The van der Waals surface area contributed by atoms with E-state index >= 15 is 0 Å². The number of rotatable bonds is 5. The van der Waals surface area contributed by atoms with E-state index in [1.165, 1.54) is 18.2 Å². The smallest absolute Gasteiger partial charge is 0.254 e. The van der Waals surface area contributed by atoms with E-state index < -0.39 is 17.8 Å². The van der Waals surface area contributed by atoms with Gasteiger partial charge < -0.3 is 10.6 Å². The Morgan fingerprint density at radius 1 is 1.00 bits per heavy atom. The van der Waals surface area contributed by atoms with Crippen LogP contribution in [0.5, 0.6) is 0 Å². The molecule has 0 radical (unpaired) electrons. The summed E-state index contributed by atoms with van der Waals surface area (Å²) in [4.78, 5) is 25.0. The topological polar surface area (TPSA) is 58.2 Å². The molecular weight excluding hydrogens is 319 g/mol. The zero-order valence-electron chi connectivity index (χ0n) is 14.9. The van der Waals surface area contributed by atoms with Crippen LogP contribution in [0.4, 0.5) is 10.1 Å². The van der Waals surface area contributed by atoms with Gasteiger partial charge in [-0.1, -0.05) is 38.1 Å². The number of aryl methyl sites for hydroxylation is 1. The first-order valence-electron chi connectivity index (χ1n) is 8.23. The number of carbonyl (C=O) groups excluding carboxylic acids is 2. The fraction of sp³-hybridized carbons (Fsp3) is 0.300. The minimum Gasteiger partial charge on any atom is -0.340 e. The van der Waals surface area contributed by atoms with Crippen LogP contribution < -0.4 is 10.6 Å². The van der Waals surface area contributed by atoms with E-state index in [0.717, 1.165) is 11.1 Å². The van der Waals surface area contributed by atoms with Crippen LogP contribution in [0.3, 0.4) is 0 Å². The molecule has 132 valence electrons. The Labute approximate surface area is 147 Å². The lowest BCUT2D eigenvalue weighted by Gasteiger charge is -2.22. The first-order valence-corrected chi connectivity index (χ1v) is 8.23. The predicted molar refractivity (Wildman–Crippen MR) is 97.0 cm³/mol. The maximum Gasteiger partial charge on any atom is 0.254 e. The summed E-state index contributed by atoms with van der Waals surface area (Å²) < 4.78 is 13.8. The van der Waals surface area contributed by atoms with Crippen LogP contribution >= 0.6 is 0 Å². The lowest BCUT2D eigenvalue weighted by molar-refractivity contribution is -0.118. The Morgan fingerprint density at radius 3 is 2.32 bits per heavy atom. The maximum atomic E-state index is 13.8. The molecule has 2 amide bonds. The maximum absolute atomic E-state index is 13.8. The molecule has 0 aromatic heterocycles. The van der Waals surface area contributed by atoms with E-state index in [1.807, 2.05) is 45.9 Å². The third-order valence-corrected chi connectivity index (χ3v) is 4.22. The monoisotopic (exact) mass is 342 g/mol. The minimum atomic E-state index is -0.771. The number of benzene rings is 2. The molecule has 0 aliphatic carbocycles. The van der Waals surface area contributed by atoms with E-state index in [1.54, 1.807) is 6.07 Å². The summed E-state index contributed by atoms with van der Waals surface area (Å²) in [5.74, 6) is -1.69. The third kappa shape index (κ3) is 4.44. The first kappa shape index (κ1) is 18.6. The molecule has 1 atom stereocenters. The van der Waals surface area contributed by atoms with Crippen molar-refractivity contribution in [2.75, 3.05) is 5.32 Å². The number of amides is 2. The Kier molecular flexibility index (Phi) is 5.91. The van der Waals surface area contributed by atoms with Gasteiger partial charge in [0.2, 0.25) is 5.91 Å². The van der Waals surface area contributed by atoms with Gasteiger partial charge in [0.25, 0.3) is 5.91 Å². The summed E-state index contributed by atoms with van der Waals surface area (Å²) in [5.41, 5.74) is 2.66. The molecule has 25 heavy (non-hydrogen) atoms. The van der Waals surface area contributed by atoms with Crippen molar-refractivity contribution in [3.05, 3.63) is 65.0 Å². The van der Waals surface area contributed by atoms with Crippen molar-refractivity contribution in [3.8, 4) is 0 Å². The van der Waals surface area contributed by atoms with Crippen molar-refractivity contribution in [1.82, 2.24) is 5.32 Å².